The molecule has 224 valence electrons. The third kappa shape index (κ3) is 26.5. The summed E-state index contributed by atoms with van der Waals surface area (Å²) in [6, 6.07) is -0.631. The summed E-state index contributed by atoms with van der Waals surface area (Å²) in [7, 11) is 0. The van der Waals surface area contributed by atoms with Crippen LogP contribution in [0.15, 0.2) is 24.3 Å². The van der Waals surface area contributed by atoms with Crippen LogP contribution in [0.3, 0.4) is 0 Å². The average molecular weight is 536 g/mol. The Morgan fingerprint density at radius 3 is 1.53 bits per heavy atom. The van der Waals surface area contributed by atoms with Crippen LogP contribution in [0.1, 0.15) is 168 Å². The van der Waals surface area contributed by atoms with E-state index >= 15 is 0 Å². The Kier molecular flexibility index (Phi) is 29.5. The lowest BCUT2D eigenvalue weighted by molar-refractivity contribution is -0.123. The molecular formula is C34H65NO3. The smallest absolute Gasteiger partial charge is 0.220 e. The van der Waals surface area contributed by atoms with Crippen molar-refractivity contribution in [2.24, 2.45) is 0 Å². The molecule has 0 aliphatic heterocycles. The first-order valence-corrected chi connectivity index (χ1v) is 16.6. The van der Waals surface area contributed by atoms with E-state index in [4.69, 9.17) is 0 Å². The second-order valence-electron chi connectivity index (χ2n) is 11.2. The molecule has 0 aromatic carbocycles. The standard InChI is InChI=1S/C34H65NO3/c1-3-5-7-9-11-13-15-16-17-18-19-20-21-23-25-27-29-33(37)32(31-36)35-34(38)30-28-26-24-22-14-12-10-8-6-4-2/h20-21,27,29,32-33,36-37H,3-19,22-26,28,30-31H2,1-2H3,(H,35,38)/b21-20+,29-27+/t32-,33+/m0/s1. The molecule has 0 bridgehead atoms. The van der Waals surface area contributed by atoms with Crippen LogP contribution in [-0.4, -0.2) is 34.9 Å². The molecule has 0 unspecified atom stereocenters. The fourth-order valence-electron chi connectivity index (χ4n) is 4.84. The first-order valence-electron chi connectivity index (χ1n) is 16.6. The minimum Gasteiger partial charge on any atom is -0.394 e. The molecule has 0 aliphatic carbocycles. The number of allylic oxidation sites excluding steroid dienone is 3. The zero-order valence-corrected chi connectivity index (χ0v) is 25.4. The molecule has 4 heteroatoms. The van der Waals surface area contributed by atoms with Crippen LogP contribution in [-0.2, 0) is 4.79 Å². The van der Waals surface area contributed by atoms with Gasteiger partial charge in [0.1, 0.15) is 0 Å². The quantitative estimate of drug-likeness (QED) is 0.0660. The number of carbonyl (C=O) groups is 1. The number of carbonyl (C=O) groups excluding carboxylic acids is 1. The van der Waals surface area contributed by atoms with Crippen molar-refractivity contribution in [3.63, 3.8) is 0 Å². The van der Waals surface area contributed by atoms with Gasteiger partial charge in [0.2, 0.25) is 5.91 Å². The van der Waals surface area contributed by atoms with Crippen LogP contribution in [0.25, 0.3) is 0 Å². The van der Waals surface area contributed by atoms with Crippen LogP contribution in [0, 0.1) is 0 Å². The molecule has 0 spiro atoms. The zero-order chi connectivity index (χ0) is 27.9. The summed E-state index contributed by atoms with van der Waals surface area (Å²) in [6.45, 7) is 4.26. The summed E-state index contributed by atoms with van der Waals surface area (Å²) in [5, 5.41) is 22.7. The Bertz CT molecular complexity index is 546. The molecule has 0 rings (SSSR count). The van der Waals surface area contributed by atoms with Crippen molar-refractivity contribution in [1.82, 2.24) is 5.32 Å². The SMILES string of the molecule is CCCCCCCCCCCC/C=C/CC/C=C/[C@@H](O)[C@H](CO)NC(=O)CCCCCCCCCCCC. The highest BCUT2D eigenvalue weighted by atomic mass is 16.3. The van der Waals surface area contributed by atoms with Crippen molar-refractivity contribution in [2.75, 3.05) is 6.61 Å². The first-order chi connectivity index (χ1) is 18.7. The molecule has 0 fully saturated rings. The van der Waals surface area contributed by atoms with E-state index in [1.54, 1.807) is 6.08 Å². The second kappa shape index (κ2) is 30.4. The topological polar surface area (TPSA) is 69.6 Å². The predicted molar refractivity (Wildman–Crippen MR) is 165 cm³/mol. The number of hydrogen-bond acceptors (Lipinski definition) is 3. The molecule has 0 saturated heterocycles. The average Bonchev–Trinajstić information content (AvgIpc) is 2.92. The van der Waals surface area contributed by atoms with Crippen LogP contribution in [0.4, 0.5) is 0 Å². The van der Waals surface area contributed by atoms with E-state index in [1.807, 2.05) is 6.08 Å². The Morgan fingerprint density at radius 1 is 0.605 bits per heavy atom. The molecule has 3 N–H and O–H groups in total. The normalized spacial score (nSPS) is 13.5. The van der Waals surface area contributed by atoms with E-state index in [1.165, 1.54) is 116 Å². The molecule has 0 saturated carbocycles. The molecule has 0 radical (unpaired) electrons. The number of hydrogen-bond donors (Lipinski definition) is 3. The minimum absolute atomic E-state index is 0.0778. The van der Waals surface area contributed by atoms with Gasteiger partial charge < -0.3 is 15.5 Å². The molecule has 4 nitrogen and oxygen atoms in total. The summed E-state index contributed by atoms with van der Waals surface area (Å²) < 4.78 is 0. The summed E-state index contributed by atoms with van der Waals surface area (Å²) in [5.41, 5.74) is 0. The van der Waals surface area contributed by atoms with E-state index < -0.39 is 12.1 Å². The third-order valence-corrected chi connectivity index (χ3v) is 7.44. The van der Waals surface area contributed by atoms with Gasteiger partial charge in [0.15, 0.2) is 0 Å². The van der Waals surface area contributed by atoms with Gasteiger partial charge in [-0.1, -0.05) is 154 Å². The number of amides is 1. The van der Waals surface area contributed by atoms with Gasteiger partial charge >= 0.3 is 0 Å². The molecule has 0 heterocycles. The molecule has 0 aliphatic rings. The van der Waals surface area contributed by atoms with Gasteiger partial charge in [0.25, 0.3) is 0 Å². The van der Waals surface area contributed by atoms with Gasteiger partial charge in [-0.3, -0.25) is 4.79 Å². The lowest BCUT2D eigenvalue weighted by Crippen LogP contribution is -2.45. The largest absolute Gasteiger partial charge is 0.394 e. The van der Waals surface area contributed by atoms with Crippen LogP contribution in [0.2, 0.25) is 0 Å². The van der Waals surface area contributed by atoms with Crippen LogP contribution < -0.4 is 5.32 Å². The lowest BCUT2D eigenvalue weighted by atomic mass is 10.1. The predicted octanol–water partition coefficient (Wildman–Crippen LogP) is 9.34. The van der Waals surface area contributed by atoms with Crippen molar-refractivity contribution in [2.45, 2.75) is 180 Å². The van der Waals surface area contributed by atoms with E-state index in [2.05, 4.69) is 31.3 Å². The van der Waals surface area contributed by atoms with Crippen molar-refractivity contribution in [1.29, 1.82) is 0 Å². The van der Waals surface area contributed by atoms with Crippen molar-refractivity contribution in [3.05, 3.63) is 24.3 Å². The Morgan fingerprint density at radius 2 is 1.03 bits per heavy atom. The maximum atomic E-state index is 12.2. The molecule has 38 heavy (non-hydrogen) atoms. The van der Waals surface area contributed by atoms with Crippen LogP contribution in [0.5, 0.6) is 0 Å². The highest BCUT2D eigenvalue weighted by molar-refractivity contribution is 5.76. The summed E-state index contributed by atoms with van der Waals surface area (Å²) in [5.74, 6) is -0.0778. The number of unbranched alkanes of at least 4 members (excludes halogenated alkanes) is 20. The summed E-state index contributed by atoms with van der Waals surface area (Å²) in [6.07, 6.45) is 36.8. The Labute approximate surface area is 237 Å². The number of aliphatic hydroxyl groups is 2. The van der Waals surface area contributed by atoms with E-state index in [0.29, 0.717) is 6.42 Å². The Balaban J connectivity index is 3.70. The molecule has 1 amide bonds. The van der Waals surface area contributed by atoms with E-state index in [9.17, 15) is 15.0 Å². The van der Waals surface area contributed by atoms with Gasteiger partial charge in [-0.05, 0) is 32.1 Å². The van der Waals surface area contributed by atoms with Gasteiger partial charge in [-0.2, -0.15) is 0 Å². The maximum Gasteiger partial charge on any atom is 0.220 e. The van der Waals surface area contributed by atoms with E-state index in [-0.39, 0.29) is 12.5 Å². The van der Waals surface area contributed by atoms with Gasteiger partial charge in [-0.25, -0.2) is 0 Å². The molecule has 0 aromatic heterocycles. The highest BCUT2D eigenvalue weighted by Crippen LogP contribution is 2.13. The van der Waals surface area contributed by atoms with Gasteiger partial charge in [0.05, 0.1) is 18.8 Å². The van der Waals surface area contributed by atoms with E-state index in [0.717, 1.165) is 32.1 Å². The van der Waals surface area contributed by atoms with Crippen LogP contribution >= 0.6 is 0 Å². The first kappa shape index (κ1) is 36.9. The number of nitrogens with one attached hydrogen (secondary N) is 1. The number of aliphatic hydroxyl groups excluding tert-OH is 2. The molecule has 2 atom stereocenters. The third-order valence-electron chi connectivity index (χ3n) is 7.44. The monoisotopic (exact) mass is 535 g/mol. The second-order valence-corrected chi connectivity index (χ2v) is 11.2. The van der Waals surface area contributed by atoms with Crippen molar-refractivity contribution in [3.8, 4) is 0 Å². The lowest BCUT2D eigenvalue weighted by Gasteiger charge is -2.19. The van der Waals surface area contributed by atoms with Gasteiger partial charge in [0, 0.05) is 6.42 Å². The molecular weight excluding hydrogens is 470 g/mol. The maximum absolute atomic E-state index is 12.2. The zero-order valence-electron chi connectivity index (χ0n) is 25.4. The summed E-state index contributed by atoms with van der Waals surface area (Å²) in [4.78, 5) is 12.2. The molecule has 0 aromatic rings. The van der Waals surface area contributed by atoms with Gasteiger partial charge in [-0.15, -0.1) is 0 Å². The summed E-state index contributed by atoms with van der Waals surface area (Å²) >= 11 is 0. The minimum atomic E-state index is -0.854. The fourth-order valence-corrected chi connectivity index (χ4v) is 4.84. The number of rotatable bonds is 29. The Hall–Kier alpha value is -1.13. The highest BCUT2D eigenvalue weighted by Gasteiger charge is 2.17. The van der Waals surface area contributed by atoms with Crippen molar-refractivity contribution < 1.29 is 15.0 Å². The fraction of sp³-hybridized carbons (Fsp3) is 0.853. The van der Waals surface area contributed by atoms with Crippen molar-refractivity contribution >= 4 is 5.91 Å².